The molecule has 9 heteroatoms. The average molecular weight is 901 g/mol. The lowest BCUT2D eigenvalue weighted by atomic mass is 10.0. The molecule has 0 aromatic carbocycles. The highest BCUT2D eigenvalue weighted by molar-refractivity contribution is 7.47. The fourth-order valence-electron chi connectivity index (χ4n) is 7.90. The topological polar surface area (TPSA) is 91.3 Å². The molecule has 0 aromatic rings. The maximum Gasteiger partial charge on any atom is 0.472 e. The number of unbranched alkanes of at least 4 members (excludes halogenated alkanes) is 35. The van der Waals surface area contributed by atoms with Crippen LogP contribution in [0.15, 0.2) is 12.2 Å². The van der Waals surface area contributed by atoms with E-state index in [1.165, 1.54) is 212 Å². The third kappa shape index (κ3) is 50.2. The molecule has 2 unspecified atom stereocenters. The molecule has 0 heterocycles. The Morgan fingerprint density at radius 3 is 1.23 bits per heavy atom. The van der Waals surface area contributed by atoms with Gasteiger partial charge in [0, 0.05) is 13.0 Å². The molecule has 0 rings (SSSR count). The number of carbonyl (C=O) groups excluding carboxylic acids is 1. The molecule has 0 radical (unpaired) electrons. The molecule has 370 valence electrons. The van der Waals surface area contributed by atoms with Gasteiger partial charge in [-0.25, -0.2) is 4.57 Å². The van der Waals surface area contributed by atoms with E-state index in [0.717, 1.165) is 32.1 Å². The number of carbonyl (C=O) groups is 1. The third-order valence-corrected chi connectivity index (χ3v) is 13.1. The second-order valence-corrected chi connectivity index (χ2v) is 21.1. The van der Waals surface area contributed by atoms with Gasteiger partial charge >= 0.3 is 13.8 Å². The van der Waals surface area contributed by atoms with Crippen LogP contribution in [0.2, 0.25) is 0 Å². The molecule has 0 aliphatic heterocycles. The Kier molecular flexibility index (Phi) is 46.2. The Morgan fingerprint density at radius 1 is 0.484 bits per heavy atom. The van der Waals surface area contributed by atoms with Crippen LogP contribution in [0.3, 0.4) is 0 Å². The van der Waals surface area contributed by atoms with Crippen LogP contribution in [0.5, 0.6) is 0 Å². The van der Waals surface area contributed by atoms with Gasteiger partial charge in [0.05, 0.1) is 34.4 Å². The number of hydrogen-bond acceptors (Lipinski definition) is 6. The van der Waals surface area contributed by atoms with Gasteiger partial charge in [-0.3, -0.25) is 13.8 Å². The first-order valence-electron chi connectivity index (χ1n) is 26.9. The van der Waals surface area contributed by atoms with E-state index in [2.05, 4.69) is 26.0 Å². The summed E-state index contributed by atoms with van der Waals surface area (Å²) in [5.41, 5.74) is 0. The van der Waals surface area contributed by atoms with Gasteiger partial charge in [-0.1, -0.05) is 231 Å². The quantitative estimate of drug-likeness (QED) is 0.0214. The van der Waals surface area contributed by atoms with Crippen LogP contribution in [-0.4, -0.2) is 75.6 Å². The molecule has 0 aliphatic carbocycles. The first-order valence-corrected chi connectivity index (χ1v) is 28.4. The van der Waals surface area contributed by atoms with E-state index in [-0.39, 0.29) is 25.8 Å². The van der Waals surface area contributed by atoms with Gasteiger partial charge in [0.2, 0.25) is 0 Å². The van der Waals surface area contributed by atoms with Crippen LogP contribution in [0.25, 0.3) is 0 Å². The zero-order valence-electron chi connectivity index (χ0n) is 42.1. The number of hydrogen-bond donors (Lipinski definition) is 1. The molecule has 0 aliphatic rings. The van der Waals surface area contributed by atoms with Crippen LogP contribution < -0.4 is 0 Å². The lowest BCUT2D eigenvalue weighted by Gasteiger charge is -2.24. The largest absolute Gasteiger partial charge is 0.472 e. The minimum absolute atomic E-state index is 0.0920. The highest BCUT2D eigenvalue weighted by Gasteiger charge is 2.26. The van der Waals surface area contributed by atoms with Gasteiger partial charge in [0.25, 0.3) is 0 Å². The number of likely N-dealkylation sites (N-methyl/N-ethyl adjacent to an activating group) is 1. The van der Waals surface area contributed by atoms with E-state index in [1.807, 2.05) is 21.1 Å². The molecular weight excluding hydrogens is 794 g/mol. The van der Waals surface area contributed by atoms with Crippen molar-refractivity contribution in [3.05, 3.63) is 12.2 Å². The lowest BCUT2D eigenvalue weighted by molar-refractivity contribution is -0.870. The number of ether oxygens (including phenoxy) is 2. The van der Waals surface area contributed by atoms with E-state index in [0.29, 0.717) is 24.1 Å². The summed E-state index contributed by atoms with van der Waals surface area (Å²) >= 11 is 0. The Labute approximate surface area is 386 Å². The molecule has 0 saturated carbocycles. The van der Waals surface area contributed by atoms with Crippen LogP contribution in [0, 0.1) is 0 Å². The molecule has 0 aromatic heterocycles. The van der Waals surface area contributed by atoms with E-state index in [4.69, 9.17) is 18.5 Å². The predicted molar refractivity (Wildman–Crippen MR) is 266 cm³/mol. The lowest BCUT2D eigenvalue weighted by Crippen LogP contribution is -2.37. The summed E-state index contributed by atoms with van der Waals surface area (Å²) in [7, 11) is 1.68. The fraction of sp³-hybridized carbons (Fsp3) is 0.943. The summed E-state index contributed by atoms with van der Waals surface area (Å²) in [6.45, 7) is 5.69. The number of phosphoric acid groups is 1. The first kappa shape index (κ1) is 61.2. The summed E-state index contributed by atoms with van der Waals surface area (Å²) in [6, 6.07) is 0. The molecule has 1 N–H and O–H groups in total. The second kappa shape index (κ2) is 46.8. The van der Waals surface area contributed by atoms with Crippen molar-refractivity contribution in [2.45, 2.75) is 270 Å². The van der Waals surface area contributed by atoms with Crippen LogP contribution in [0.1, 0.15) is 264 Å². The highest BCUT2D eigenvalue weighted by atomic mass is 31.2. The smallest absolute Gasteiger partial charge is 0.457 e. The number of allylic oxidation sites excluding steroid dienone is 2. The van der Waals surface area contributed by atoms with E-state index in [1.54, 1.807) is 0 Å². The molecule has 0 amide bonds. The maximum absolute atomic E-state index is 12.8. The number of rotatable bonds is 51. The molecular formula is C53H107NO7P+. The molecule has 0 fully saturated rings. The van der Waals surface area contributed by atoms with Crippen LogP contribution >= 0.6 is 7.82 Å². The minimum Gasteiger partial charge on any atom is -0.457 e. The third-order valence-electron chi connectivity index (χ3n) is 12.1. The Morgan fingerprint density at radius 2 is 0.839 bits per heavy atom. The van der Waals surface area contributed by atoms with Crippen molar-refractivity contribution < 1.29 is 37.3 Å². The fourth-order valence-corrected chi connectivity index (χ4v) is 8.65. The van der Waals surface area contributed by atoms with Gasteiger partial charge in [0.15, 0.2) is 0 Å². The first-order chi connectivity index (χ1) is 30.1. The number of quaternary nitrogens is 1. The van der Waals surface area contributed by atoms with Crippen molar-refractivity contribution in [3.63, 3.8) is 0 Å². The summed E-state index contributed by atoms with van der Waals surface area (Å²) in [5, 5.41) is 0. The average Bonchev–Trinajstić information content (AvgIpc) is 3.23. The van der Waals surface area contributed by atoms with Crippen LogP contribution in [-0.2, 0) is 27.9 Å². The van der Waals surface area contributed by atoms with Gasteiger partial charge < -0.3 is 18.9 Å². The van der Waals surface area contributed by atoms with Crippen molar-refractivity contribution in [1.29, 1.82) is 0 Å². The summed E-state index contributed by atoms with van der Waals surface area (Å²) in [5.74, 6) is -0.309. The summed E-state index contributed by atoms with van der Waals surface area (Å²) in [4.78, 5) is 23.0. The van der Waals surface area contributed by atoms with Crippen LogP contribution in [0.4, 0.5) is 0 Å². The SMILES string of the molecule is CCCCCCCC/C=C\CCCCCCCCCCCC(=O)OC(COCCCCCCCCCCCCCCCCCCCCCCC)COP(=O)(O)OCC[N+](C)(C)C. The predicted octanol–water partition coefficient (Wildman–Crippen LogP) is 16.6. The highest BCUT2D eigenvalue weighted by Crippen LogP contribution is 2.43. The van der Waals surface area contributed by atoms with Crippen molar-refractivity contribution >= 4 is 13.8 Å². The Hall–Kier alpha value is -0.760. The summed E-state index contributed by atoms with van der Waals surface area (Å²) < 4.78 is 35.2. The Bertz CT molecular complexity index is 1000. The van der Waals surface area contributed by atoms with Crippen molar-refractivity contribution in [1.82, 2.24) is 0 Å². The number of phosphoric ester groups is 1. The molecule has 0 spiro atoms. The number of esters is 1. The molecule has 8 nitrogen and oxygen atoms in total. The standard InChI is InChI=1S/C53H106NO7P/c1-6-8-10-12-14-16-18-20-22-24-26-27-29-31-33-35-37-39-41-43-45-48-58-50-52(51-60-62(56,57)59-49-47-54(3,4)5)61-53(55)46-44-42-40-38-36-34-32-30-28-25-23-21-19-17-15-13-11-9-7-2/h21,23,52H,6-20,22,24-51H2,1-5H3/p+1/b23-21-. The number of nitrogens with zero attached hydrogens (tertiary/aromatic N) is 1. The molecule has 0 bridgehead atoms. The van der Waals surface area contributed by atoms with Gasteiger partial charge in [-0.15, -0.1) is 0 Å². The van der Waals surface area contributed by atoms with E-state index < -0.39 is 13.9 Å². The van der Waals surface area contributed by atoms with Gasteiger partial charge in [0.1, 0.15) is 19.3 Å². The second-order valence-electron chi connectivity index (χ2n) is 19.6. The van der Waals surface area contributed by atoms with Gasteiger partial charge in [-0.2, -0.15) is 0 Å². The minimum atomic E-state index is -4.28. The molecule has 62 heavy (non-hydrogen) atoms. The van der Waals surface area contributed by atoms with E-state index >= 15 is 0 Å². The monoisotopic (exact) mass is 901 g/mol. The zero-order chi connectivity index (χ0) is 45.5. The van der Waals surface area contributed by atoms with Crippen molar-refractivity contribution in [2.24, 2.45) is 0 Å². The molecule has 2 atom stereocenters. The van der Waals surface area contributed by atoms with Crippen molar-refractivity contribution in [2.75, 3.05) is 54.1 Å². The normalized spacial score (nSPS) is 13.6. The maximum atomic E-state index is 12.8. The van der Waals surface area contributed by atoms with Crippen molar-refractivity contribution in [3.8, 4) is 0 Å². The Balaban J connectivity index is 4.07. The zero-order valence-corrected chi connectivity index (χ0v) is 43.0. The molecule has 0 saturated heterocycles. The van der Waals surface area contributed by atoms with E-state index in [9.17, 15) is 14.3 Å². The van der Waals surface area contributed by atoms with Gasteiger partial charge in [-0.05, 0) is 38.5 Å². The summed E-state index contributed by atoms with van der Waals surface area (Å²) in [6.07, 6.45) is 54.0.